The minimum absolute atomic E-state index is 0.0918. The van der Waals surface area contributed by atoms with Crippen molar-refractivity contribution in [3.63, 3.8) is 0 Å². The smallest absolute Gasteiger partial charge is 0.345 e. The average Bonchev–Trinajstić information content (AvgIpc) is 2.73. The first-order valence-corrected chi connectivity index (χ1v) is 10.8. The van der Waals surface area contributed by atoms with E-state index in [1.807, 2.05) is 49.4 Å². The Morgan fingerprint density at radius 2 is 1.84 bits per heavy atom. The van der Waals surface area contributed by atoms with Gasteiger partial charge in [0.25, 0.3) is 0 Å². The Morgan fingerprint density at radius 3 is 2.48 bits per heavy atom. The first-order valence-electron chi connectivity index (χ1n) is 10.5. The fourth-order valence-electron chi connectivity index (χ4n) is 3.29. The van der Waals surface area contributed by atoms with Gasteiger partial charge in [-0.25, -0.2) is 4.79 Å². The van der Waals surface area contributed by atoms with Gasteiger partial charge in [0.15, 0.2) is 0 Å². The summed E-state index contributed by atoms with van der Waals surface area (Å²) in [6.07, 6.45) is 1.40. The Balaban J connectivity index is 1.80. The Kier molecular flexibility index (Phi) is 7.19. The number of carbonyl (C=O) groups excluding carboxylic acids is 1. The molecule has 0 saturated carbocycles. The molecule has 1 aliphatic heterocycles. The summed E-state index contributed by atoms with van der Waals surface area (Å²) in [5.74, 6) is 0.808. The SMILES string of the molecule is C/C1=C(/c2cc(CN)ccc2Cl)NC(=O)N=C(c2ccc(OCC(C)(C)C)cc2)CC1. The van der Waals surface area contributed by atoms with Crippen molar-refractivity contribution in [2.45, 2.75) is 47.1 Å². The van der Waals surface area contributed by atoms with Crippen LogP contribution in [0.5, 0.6) is 5.75 Å². The van der Waals surface area contributed by atoms with Crippen LogP contribution in [0.3, 0.4) is 0 Å². The summed E-state index contributed by atoms with van der Waals surface area (Å²) in [5.41, 5.74) is 11.0. The molecular weight excluding hydrogens is 410 g/mol. The van der Waals surface area contributed by atoms with Crippen LogP contribution in [0.15, 0.2) is 53.0 Å². The van der Waals surface area contributed by atoms with Crippen molar-refractivity contribution >= 4 is 29.0 Å². The third kappa shape index (κ3) is 6.18. The summed E-state index contributed by atoms with van der Waals surface area (Å²) in [4.78, 5) is 17.0. The number of halogens is 1. The fourth-order valence-corrected chi connectivity index (χ4v) is 3.50. The average molecular weight is 440 g/mol. The van der Waals surface area contributed by atoms with Gasteiger partial charge in [-0.05, 0) is 78.3 Å². The van der Waals surface area contributed by atoms with E-state index >= 15 is 0 Å². The maximum absolute atomic E-state index is 12.7. The summed E-state index contributed by atoms with van der Waals surface area (Å²) in [7, 11) is 0. The van der Waals surface area contributed by atoms with E-state index in [0.717, 1.165) is 40.1 Å². The number of benzene rings is 2. The van der Waals surface area contributed by atoms with E-state index in [2.05, 4.69) is 31.1 Å². The molecule has 5 nitrogen and oxygen atoms in total. The molecule has 1 heterocycles. The lowest BCUT2D eigenvalue weighted by atomic mass is 9.97. The van der Waals surface area contributed by atoms with Crippen molar-refractivity contribution in [3.8, 4) is 5.75 Å². The third-order valence-electron chi connectivity index (χ3n) is 5.03. The van der Waals surface area contributed by atoms with Gasteiger partial charge in [0, 0.05) is 17.1 Å². The van der Waals surface area contributed by atoms with Crippen molar-refractivity contribution in [1.82, 2.24) is 5.32 Å². The molecule has 0 aromatic heterocycles. The summed E-state index contributed by atoms with van der Waals surface area (Å²) in [5, 5.41) is 3.50. The molecule has 0 atom stereocenters. The van der Waals surface area contributed by atoms with Crippen molar-refractivity contribution < 1.29 is 9.53 Å². The molecule has 164 valence electrons. The van der Waals surface area contributed by atoms with Gasteiger partial charge in [-0.2, -0.15) is 4.99 Å². The quantitative estimate of drug-likeness (QED) is 0.604. The summed E-state index contributed by atoms with van der Waals surface area (Å²) in [6, 6.07) is 13.0. The lowest BCUT2D eigenvalue weighted by Crippen LogP contribution is -2.24. The highest BCUT2D eigenvalue weighted by Gasteiger charge is 2.18. The van der Waals surface area contributed by atoms with E-state index < -0.39 is 6.03 Å². The van der Waals surface area contributed by atoms with Crippen LogP contribution < -0.4 is 15.8 Å². The van der Waals surface area contributed by atoms with Gasteiger partial charge in [-0.1, -0.05) is 38.4 Å². The second kappa shape index (κ2) is 9.67. The molecule has 2 aromatic carbocycles. The number of rotatable bonds is 5. The molecule has 0 fully saturated rings. The number of hydrogen-bond donors (Lipinski definition) is 2. The number of hydrogen-bond acceptors (Lipinski definition) is 3. The normalized spacial score (nSPS) is 17.5. The number of aliphatic imine (C=N–C) groups is 1. The van der Waals surface area contributed by atoms with E-state index in [4.69, 9.17) is 22.1 Å². The number of amides is 2. The molecule has 0 aliphatic carbocycles. The van der Waals surface area contributed by atoms with Gasteiger partial charge in [-0.15, -0.1) is 0 Å². The summed E-state index contributed by atoms with van der Waals surface area (Å²) in [6.45, 7) is 9.44. The van der Waals surface area contributed by atoms with Gasteiger partial charge in [0.2, 0.25) is 0 Å². The molecule has 31 heavy (non-hydrogen) atoms. The number of nitrogens with one attached hydrogen (secondary N) is 1. The highest BCUT2D eigenvalue weighted by atomic mass is 35.5. The fraction of sp³-hybridized carbons (Fsp3) is 0.360. The molecule has 3 N–H and O–H groups in total. The van der Waals surface area contributed by atoms with Crippen LogP contribution in [0, 0.1) is 5.41 Å². The van der Waals surface area contributed by atoms with Gasteiger partial charge < -0.3 is 15.8 Å². The lowest BCUT2D eigenvalue weighted by Gasteiger charge is -2.20. The molecule has 2 amide bonds. The van der Waals surface area contributed by atoms with Crippen LogP contribution in [0.25, 0.3) is 5.70 Å². The van der Waals surface area contributed by atoms with Crippen molar-refractivity contribution in [2.24, 2.45) is 16.1 Å². The Labute approximate surface area is 189 Å². The Bertz CT molecular complexity index is 1020. The molecule has 1 aliphatic rings. The van der Waals surface area contributed by atoms with Crippen LogP contribution in [0.1, 0.15) is 57.2 Å². The highest BCUT2D eigenvalue weighted by Crippen LogP contribution is 2.29. The highest BCUT2D eigenvalue weighted by molar-refractivity contribution is 6.32. The minimum Gasteiger partial charge on any atom is -0.493 e. The van der Waals surface area contributed by atoms with E-state index in [1.165, 1.54) is 0 Å². The first kappa shape index (κ1) is 23.0. The molecule has 6 heteroatoms. The van der Waals surface area contributed by atoms with Crippen molar-refractivity contribution in [2.75, 3.05) is 6.61 Å². The number of carbonyl (C=O) groups is 1. The van der Waals surface area contributed by atoms with Gasteiger partial charge in [0.1, 0.15) is 5.75 Å². The second-order valence-corrected chi connectivity index (χ2v) is 9.44. The summed E-state index contributed by atoms with van der Waals surface area (Å²) < 4.78 is 5.84. The zero-order valence-electron chi connectivity index (χ0n) is 18.6. The van der Waals surface area contributed by atoms with Crippen LogP contribution in [0.4, 0.5) is 4.79 Å². The van der Waals surface area contributed by atoms with Crippen LogP contribution >= 0.6 is 11.6 Å². The third-order valence-corrected chi connectivity index (χ3v) is 5.36. The van der Waals surface area contributed by atoms with Gasteiger partial charge in [0.05, 0.1) is 18.0 Å². The van der Waals surface area contributed by atoms with Crippen LogP contribution in [0.2, 0.25) is 5.02 Å². The predicted octanol–water partition coefficient (Wildman–Crippen LogP) is 5.95. The predicted molar refractivity (Wildman–Crippen MR) is 128 cm³/mol. The molecule has 2 aromatic rings. The number of ether oxygens (including phenoxy) is 1. The lowest BCUT2D eigenvalue weighted by molar-refractivity contribution is 0.198. The molecule has 0 bridgehead atoms. The zero-order chi connectivity index (χ0) is 22.6. The van der Waals surface area contributed by atoms with E-state index in [9.17, 15) is 4.79 Å². The van der Waals surface area contributed by atoms with E-state index in [-0.39, 0.29) is 5.41 Å². The molecule has 0 saturated heterocycles. The van der Waals surface area contributed by atoms with E-state index in [1.54, 1.807) is 0 Å². The topological polar surface area (TPSA) is 76.7 Å². The Hall–Kier alpha value is -2.63. The van der Waals surface area contributed by atoms with Crippen molar-refractivity contribution in [1.29, 1.82) is 0 Å². The first-order chi connectivity index (χ1) is 14.7. The largest absolute Gasteiger partial charge is 0.493 e. The number of nitrogens with two attached hydrogens (primary N) is 1. The van der Waals surface area contributed by atoms with Crippen molar-refractivity contribution in [3.05, 3.63) is 69.8 Å². The molecular formula is C25H30ClN3O2. The van der Waals surface area contributed by atoms with Gasteiger partial charge >= 0.3 is 6.03 Å². The number of urea groups is 1. The number of allylic oxidation sites excluding steroid dienone is 1. The van der Waals surface area contributed by atoms with Crippen LogP contribution in [-0.4, -0.2) is 18.3 Å². The maximum atomic E-state index is 12.7. The number of nitrogens with zero attached hydrogens (tertiary/aromatic N) is 1. The van der Waals surface area contributed by atoms with Gasteiger partial charge in [-0.3, -0.25) is 0 Å². The monoisotopic (exact) mass is 439 g/mol. The standard InChI is InChI=1S/C25H30ClN3O2/c1-16-5-12-22(18-7-9-19(10-8-18)31-15-25(2,3)4)28-24(30)29-23(16)20-13-17(14-27)6-11-21(20)26/h6-11,13H,5,12,14-15,27H2,1-4H3,(H,29,30)/b23-16+,28-22?. The molecule has 3 rings (SSSR count). The molecule has 0 radical (unpaired) electrons. The second-order valence-electron chi connectivity index (χ2n) is 9.04. The molecule has 0 spiro atoms. The zero-order valence-corrected chi connectivity index (χ0v) is 19.3. The maximum Gasteiger partial charge on any atom is 0.345 e. The Morgan fingerprint density at radius 1 is 1.13 bits per heavy atom. The molecule has 0 unspecified atom stereocenters. The van der Waals surface area contributed by atoms with Crippen LogP contribution in [-0.2, 0) is 6.54 Å². The van der Waals surface area contributed by atoms with E-state index in [0.29, 0.717) is 30.3 Å². The minimum atomic E-state index is -0.411. The summed E-state index contributed by atoms with van der Waals surface area (Å²) >= 11 is 6.41.